The van der Waals surface area contributed by atoms with E-state index in [9.17, 15) is 0 Å². The molecule has 0 N–H and O–H groups in total. The van der Waals surface area contributed by atoms with Crippen LogP contribution in [0, 0.1) is 6.92 Å². The zero-order chi connectivity index (χ0) is 21.3. The molecule has 6 aromatic rings. The number of hydrogen-bond acceptors (Lipinski definition) is 4. The molecule has 0 fully saturated rings. The van der Waals surface area contributed by atoms with E-state index in [2.05, 4.69) is 87.3 Å². The van der Waals surface area contributed by atoms with Gasteiger partial charge in [-0.3, -0.25) is 0 Å². The monoisotopic (exact) mass is 438 g/mol. The number of rotatable bonds is 1. The van der Waals surface area contributed by atoms with Crippen LogP contribution in [0.15, 0.2) is 60.9 Å². The van der Waals surface area contributed by atoms with Crippen molar-refractivity contribution in [2.45, 2.75) is 33.1 Å². The molecule has 0 aliphatic carbocycles. The van der Waals surface area contributed by atoms with Crippen LogP contribution in [-0.2, 0) is 5.41 Å². The van der Waals surface area contributed by atoms with Crippen molar-refractivity contribution in [3.05, 3.63) is 71.4 Å². The average Bonchev–Trinajstić information content (AvgIpc) is 3.28. The van der Waals surface area contributed by atoms with Gasteiger partial charge in [0, 0.05) is 30.6 Å². The SMILES string of the molecule is Cc1cc2cc3c(cc2s1)sc1ncnc(-c2cc(C(C)(C)C)c4ccccc4c2)c13. The molecule has 6 rings (SSSR count). The van der Waals surface area contributed by atoms with Crippen molar-refractivity contribution in [2.24, 2.45) is 0 Å². The molecule has 3 heterocycles. The maximum absolute atomic E-state index is 4.81. The van der Waals surface area contributed by atoms with Crippen LogP contribution in [0.4, 0.5) is 0 Å². The highest BCUT2D eigenvalue weighted by Crippen LogP contribution is 2.42. The molecule has 2 nitrogen and oxygen atoms in total. The van der Waals surface area contributed by atoms with Gasteiger partial charge in [0.15, 0.2) is 0 Å². The molecule has 0 saturated heterocycles. The molecule has 0 aliphatic heterocycles. The molecule has 31 heavy (non-hydrogen) atoms. The van der Waals surface area contributed by atoms with Crippen molar-refractivity contribution in [2.75, 3.05) is 0 Å². The number of hydrogen-bond donors (Lipinski definition) is 0. The van der Waals surface area contributed by atoms with E-state index in [-0.39, 0.29) is 5.41 Å². The van der Waals surface area contributed by atoms with Gasteiger partial charge in [0.25, 0.3) is 0 Å². The predicted octanol–water partition coefficient (Wildman–Crippen LogP) is 8.49. The third-order valence-electron chi connectivity index (χ3n) is 5.97. The Kier molecular flexibility index (Phi) is 4.02. The fraction of sp³-hybridized carbons (Fsp3) is 0.185. The summed E-state index contributed by atoms with van der Waals surface area (Å²) >= 11 is 3.62. The van der Waals surface area contributed by atoms with Crippen LogP contribution in [0.3, 0.4) is 0 Å². The van der Waals surface area contributed by atoms with E-state index in [0.29, 0.717) is 0 Å². The van der Waals surface area contributed by atoms with Gasteiger partial charge < -0.3 is 0 Å². The summed E-state index contributed by atoms with van der Waals surface area (Å²) in [5.41, 5.74) is 3.58. The van der Waals surface area contributed by atoms with Gasteiger partial charge in [-0.1, -0.05) is 45.0 Å². The van der Waals surface area contributed by atoms with Crippen LogP contribution < -0.4 is 0 Å². The third kappa shape index (κ3) is 2.97. The van der Waals surface area contributed by atoms with Gasteiger partial charge in [-0.15, -0.1) is 22.7 Å². The Morgan fingerprint density at radius 3 is 2.45 bits per heavy atom. The molecule has 0 unspecified atom stereocenters. The van der Waals surface area contributed by atoms with Crippen molar-refractivity contribution in [1.82, 2.24) is 9.97 Å². The molecule has 0 amide bonds. The van der Waals surface area contributed by atoms with Gasteiger partial charge in [-0.25, -0.2) is 9.97 Å². The maximum atomic E-state index is 4.81. The first-order valence-corrected chi connectivity index (χ1v) is 12.1. The second-order valence-corrected chi connectivity index (χ2v) is 11.6. The van der Waals surface area contributed by atoms with Crippen molar-refractivity contribution >= 4 is 63.8 Å². The van der Waals surface area contributed by atoms with Gasteiger partial charge in [-0.2, -0.15) is 0 Å². The molecule has 0 saturated carbocycles. The summed E-state index contributed by atoms with van der Waals surface area (Å²) in [5, 5.41) is 6.30. The number of nitrogens with zero attached hydrogens (tertiary/aromatic N) is 2. The van der Waals surface area contributed by atoms with Gasteiger partial charge in [0.05, 0.1) is 5.69 Å². The lowest BCUT2D eigenvalue weighted by molar-refractivity contribution is 0.596. The molecule has 3 aromatic heterocycles. The topological polar surface area (TPSA) is 25.8 Å². The minimum absolute atomic E-state index is 0.0405. The van der Waals surface area contributed by atoms with Gasteiger partial charge in [-0.05, 0) is 64.4 Å². The van der Waals surface area contributed by atoms with Gasteiger partial charge >= 0.3 is 0 Å². The van der Waals surface area contributed by atoms with Crippen LogP contribution in [0.25, 0.3) is 52.4 Å². The maximum Gasteiger partial charge on any atom is 0.128 e. The van der Waals surface area contributed by atoms with Crippen LogP contribution in [0.1, 0.15) is 31.2 Å². The Bertz CT molecular complexity index is 1630. The molecular formula is C27H22N2S2. The van der Waals surface area contributed by atoms with Crippen LogP contribution in [0.2, 0.25) is 0 Å². The fourth-order valence-corrected chi connectivity index (χ4v) is 6.65. The molecule has 0 atom stereocenters. The fourth-order valence-electron chi connectivity index (χ4n) is 4.56. The Morgan fingerprint density at radius 2 is 1.61 bits per heavy atom. The third-order valence-corrected chi connectivity index (χ3v) is 8.05. The summed E-state index contributed by atoms with van der Waals surface area (Å²) in [4.78, 5) is 11.9. The van der Waals surface area contributed by atoms with Crippen molar-refractivity contribution in [3.63, 3.8) is 0 Å². The molecular weight excluding hydrogens is 416 g/mol. The van der Waals surface area contributed by atoms with E-state index in [0.717, 1.165) is 16.1 Å². The molecule has 0 spiro atoms. The standard InChI is InChI=1S/C27H22N2S2/c1-15-9-17-11-20-23(13-22(17)30-15)31-26-24(20)25(28-14-29-26)18-10-16-7-5-6-8-19(16)21(12-18)27(2,3)4/h5-14H,1-4H3. The van der Waals surface area contributed by atoms with Crippen molar-refractivity contribution in [3.8, 4) is 11.3 Å². The van der Waals surface area contributed by atoms with E-state index >= 15 is 0 Å². The highest BCUT2D eigenvalue weighted by Gasteiger charge is 2.20. The number of aromatic nitrogens is 2. The van der Waals surface area contributed by atoms with Gasteiger partial charge in [0.1, 0.15) is 11.2 Å². The lowest BCUT2D eigenvalue weighted by atomic mass is 9.82. The number of fused-ring (bicyclic) bond motifs is 5. The first kappa shape index (κ1) is 18.9. The summed E-state index contributed by atoms with van der Waals surface area (Å²) in [6.07, 6.45) is 1.71. The van der Waals surface area contributed by atoms with Crippen LogP contribution in [-0.4, -0.2) is 9.97 Å². The second-order valence-electron chi connectivity index (χ2n) is 9.24. The quantitative estimate of drug-likeness (QED) is 0.257. The largest absolute Gasteiger partial charge is 0.236 e. The number of benzene rings is 3. The van der Waals surface area contributed by atoms with Crippen molar-refractivity contribution in [1.29, 1.82) is 0 Å². The molecule has 3 aromatic carbocycles. The highest BCUT2D eigenvalue weighted by atomic mass is 32.1. The first-order valence-electron chi connectivity index (χ1n) is 10.5. The summed E-state index contributed by atoms with van der Waals surface area (Å²) < 4.78 is 2.62. The minimum Gasteiger partial charge on any atom is -0.236 e. The van der Waals surface area contributed by atoms with E-state index in [1.165, 1.54) is 46.8 Å². The second kappa shape index (κ2) is 6.59. The first-order chi connectivity index (χ1) is 14.9. The highest BCUT2D eigenvalue weighted by molar-refractivity contribution is 7.26. The molecule has 0 aliphatic rings. The number of aryl methyl sites for hydroxylation is 1. The summed E-state index contributed by atoms with van der Waals surface area (Å²) in [7, 11) is 0. The van der Waals surface area contributed by atoms with Crippen LogP contribution >= 0.6 is 22.7 Å². The Labute approximate surface area is 189 Å². The van der Waals surface area contributed by atoms with Crippen LogP contribution in [0.5, 0.6) is 0 Å². The normalized spacial score (nSPS) is 12.5. The summed E-state index contributed by atoms with van der Waals surface area (Å²) in [5.74, 6) is 0. The van der Waals surface area contributed by atoms with Gasteiger partial charge in [0.2, 0.25) is 0 Å². The zero-order valence-corrected chi connectivity index (χ0v) is 19.6. The lowest BCUT2D eigenvalue weighted by Crippen LogP contribution is -2.12. The Hall–Kier alpha value is -2.82. The summed E-state index contributed by atoms with van der Waals surface area (Å²) in [6.45, 7) is 9.02. The molecule has 152 valence electrons. The Morgan fingerprint density at radius 1 is 0.774 bits per heavy atom. The van der Waals surface area contributed by atoms with E-state index in [1.54, 1.807) is 17.7 Å². The van der Waals surface area contributed by atoms with E-state index in [4.69, 9.17) is 4.98 Å². The number of thiophene rings is 2. The average molecular weight is 439 g/mol. The predicted molar refractivity (Wildman–Crippen MR) is 137 cm³/mol. The van der Waals surface area contributed by atoms with E-state index < -0.39 is 0 Å². The minimum atomic E-state index is 0.0405. The lowest BCUT2D eigenvalue weighted by Gasteiger charge is -2.22. The zero-order valence-electron chi connectivity index (χ0n) is 18.0. The molecule has 0 bridgehead atoms. The Balaban J connectivity index is 1.71. The van der Waals surface area contributed by atoms with Crippen molar-refractivity contribution < 1.29 is 0 Å². The summed E-state index contributed by atoms with van der Waals surface area (Å²) in [6, 6.07) is 20.2. The van der Waals surface area contributed by atoms with E-state index in [1.807, 2.05) is 11.3 Å². The molecule has 0 radical (unpaired) electrons. The molecule has 4 heteroatoms. The smallest absolute Gasteiger partial charge is 0.128 e.